The Kier molecular flexibility index (Phi) is 7.98. The number of anilines is 1. The normalized spacial score (nSPS) is 14.8. The number of ether oxygens (including phenoxy) is 1. The summed E-state index contributed by atoms with van der Waals surface area (Å²) >= 11 is 1.37. The van der Waals surface area contributed by atoms with Gasteiger partial charge in [0, 0.05) is 16.5 Å². The lowest BCUT2D eigenvalue weighted by Crippen LogP contribution is -2.24. The number of hydrogen-bond donors (Lipinski definition) is 1. The molecule has 1 aromatic carbocycles. The molecular formula is C19H25NO4S. The van der Waals surface area contributed by atoms with Crippen LogP contribution in [0.2, 0.25) is 0 Å². The minimum Gasteiger partial charge on any atom is -0.466 e. The molecule has 5 nitrogen and oxygen atoms in total. The molecule has 136 valence electrons. The molecule has 0 saturated heterocycles. The fourth-order valence-electron chi connectivity index (χ4n) is 2.83. The number of thioether (sulfide) groups is 1. The first-order valence-corrected chi connectivity index (χ1v) is 9.78. The van der Waals surface area contributed by atoms with E-state index >= 15 is 0 Å². The molecule has 0 radical (unpaired) electrons. The van der Waals surface area contributed by atoms with E-state index in [-0.39, 0.29) is 36.4 Å². The van der Waals surface area contributed by atoms with Crippen LogP contribution in [0.15, 0.2) is 29.2 Å². The van der Waals surface area contributed by atoms with Crippen LogP contribution >= 0.6 is 11.8 Å². The summed E-state index contributed by atoms with van der Waals surface area (Å²) in [4.78, 5) is 36.1. The number of rotatable bonds is 8. The van der Waals surface area contributed by atoms with Gasteiger partial charge in [-0.15, -0.1) is 11.8 Å². The number of carbonyl (C=O) groups excluding carboxylic acids is 3. The van der Waals surface area contributed by atoms with Crippen molar-refractivity contribution in [2.75, 3.05) is 17.7 Å². The van der Waals surface area contributed by atoms with Gasteiger partial charge in [-0.05, 0) is 44.0 Å². The number of amides is 1. The molecule has 6 heteroatoms. The monoisotopic (exact) mass is 363 g/mol. The molecule has 1 N–H and O–H groups in total. The van der Waals surface area contributed by atoms with Gasteiger partial charge in [-0.1, -0.05) is 19.3 Å². The third-order valence-corrected chi connectivity index (χ3v) is 5.22. The van der Waals surface area contributed by atoms with Gasteiger partial charge in [-0.2, -0.15) is 0 Å². The zero-order chi connectivity index (χ0) is 18.1. The third kappa shape index (κ3) is 6.90. The molecule has 0 aliphatic heterocycles. The highest BCUT2D eigenvalue weighted by molar-refractivity contribution is 8.00. The number of benzene rings is 1. The van der Waals surface area contributed by atoms with Crippen LogP contribution in [0.4, 0.5) is 5.69 Å². The van der Waals surface area contributed by atoms with E-state index in [0.717, 1.165) is 36.3 Å². The molecule has 2 rings (SSSR count). The second-order valence-corrected chi connectivity index (χ2v) is 7.21. The van der Waals surface area contributed by atoms with Crippen LogP contribution in [-0.2, 0) is 19.1 Å². The van der Waals surface area contributed by atoms with Crippen molar-refractivity contribution < 1.29 is 19.1 Å². The van der Waals surface area contributed by atoms with Crippen molar-refractivity contribution in [1.29, 1.82) is 0 Å². The number of carbonyl (C=O) groups is 3. The molecule has 1 amide bonds. The lowest BCUT2D eigenvalue weighted by Gasteiger charge is -2.20. The van der Waals surface area contributed by atoms with E-state index in [1.54, 1.807) is 6.92 Å². The lowest BCUT2D eigenvalue weighted by molar-refractivity contribution is -0.145. The van der Waals surface area contributed by atoms with Crippen molar-refractivity contribution >= 4 is 35.1 Å². The molecular weight excluding hydrogens is 338 g/mol. The largest absolute Gasteiger partial charge is 0.466 e. The van der Waals surface area contributed by atoms with Crippen molar-refractivity contribution in [3.63, 3.8) is 0 Å². The van der Waals surface area contributed by atoms with Crippen LogP contribution in [0.1, 0.15) is 45.4 Å². The highest BCUT2D eigenvalue weighted by atomic mass is 32.2. The Labute approximate surface area is 152 Å². The van der Waals surface area contributed by atoms with Gasteiger partial charge in [0.05, 0.1) is 12.4 Å². The molecule has 0 aromatic heterocycles. The fourth-order valence-corrected chi connectivity index (χ4v) is 3.59. The summed E-state index contributed by atoms with van der Waals surface area (Å²) in [6.45, 7) is 2.00. The average molecular weight is 363 g/mol. The maximum Gasteiger partial charge on any atom is 0.313 e. The van der Waals surface area contributed by atoms with Gasteiger partial charge in [0.2, 0.25) is 5.91 Å². The summed E-state index contributed by atoms with van der Waals surface area (Å²) in [5.41, 5.74) is 0.776. The molecule has 0 unspecified atom stereocenters. The summed E-state index contributed by atoms with van der Waals surface area (Å²) in [5, 5.41) is 2.97. The molecule has 0 heterocycles. The summed E-state index contributed by atoms with van der Waals surface area (Å²) in [5.74, 6) is -0.174. The van der Waals surface area contributed by atoms with Gasteiger partial charge >= 0.3 is 5.97 Å². The third-order valence-electron chi connectivity index (χ3n) is 4.14. The number of hydrogen-bond acceptors (Lipinski definition) is 5. The number of esters is 1. The Hall–Kier alpha value is -1.82. The van der Waals surface area contributed by atoms with Crippen molar-refractivity contribution in [3.05, 3.63) is 24.3 Å². The number of nitrogens with one attached hydrogen (secondary N) is 1. The van der Waals surface area contributed by atoms with E-state index in [1.807, 2.05) is 24.3 Å². The second-order valence-electron chi connectivity index (χ2n) is 6.16. The molecule has 1 saturated carbocycles. The molecule has 0 bridgehead atoms. The van der Waals surface area contributed by atoms with Crippen molar-refractivity contribution in [2.24, 2.45) is 5.92 Å². The van der Waals surface area contributed by atoms with Crippen molar-refractivity contribution in [3.8, 4) is 0 Å². The van der Waals surface area contributed by atoms with Gasteiger partial charge in [-0.25, -0.2) is 0 Å². The van der Waals surface area contributed by atoms with Gasteiger partial charge in [0.25, 0.3) is 0 Å². The maximum absolute atomic E-state index is 12.2. The van der Waals surface area contributed by atoms with Gasteiger partial charge in [-0.3, -0.25) is 14.4 Å². The fraction of sp³-hybridized carbons (Fsp3) is 0.526. The smallest absolute Gasteiger partial charge is 0.313 e. The highest BCUT2D eigenvalue weighted by Gasteiger charge is 2.20. The summed E-state index contributed by atoms with van der Waals surface area (Å²) in [6, 6.07) is 7.44. The van der Waals surface area contributed by atoms with Crippen LogP contribution in [0.3, 0.4) is 0 Å². The minimum absolute atomic E-state index is 0.102. The maximum atomic E-state index is 12.2. The van der Waals surface area contributed by atoms with E-state index in [1.165, 1.54) is 18.2 Å². The molecule has 0 atom stereocenters. The molecule has 1 aliphatic carbocycles. The average Bonchev–Trinajstić information content (AvgIpc) is 2.62. The standard InChI is InChI=1S/C19H25NO4S/c1-2-24-18(22)12-16(21)13-25-17-10-8-15(9-11-17)20-19(23)14-6-4-3-5-7-14/h8-11,14H,2-7,12-13H2,1H3,(H,20,23). The molecule has 1 aliphatic rings. The predicted octanol–water partition coefficient (Wildman–Crippen LogP) is 3.82. The molecule has 0 spiro atoms. The molecule has 25 heavy (non-hydrogen) atoms. The quantitative estimate of drug-likeness (QED) is 0.432. The highest BCUT2D eigenvalue weighted by Crippen LogP contribution is 2.26. The SMILES string of the molecule is CCOC(=O)CC(=O)CSc1ccc(NC(=O)C2CCCCC2)cc1. The number of ketones is 1. The zero-order valence-electron chi connectivity index (χ0n) is 14.6. The summed E-state index contributed by atoms with van der Waals surface area (Å²) in [6.07, 6.45) is 5.26. The van der Waals surface area contributed by atoms with Crippen LogP contribution in [0, 0.1) is 5.92 Å². The van der Waals surface area contributed by atoms with Crippen LogP contribution < -0.4 is 5.32 Å². The van der Waals surface area contributed by atoms with Crippen molar-refractivity contribution in [2.45, 2.75) is 50.3 Å². The Balaban J connectivity index is 1.76. The Morgan fingerprint density at radius 3 is 2.44 bits per heavy atom. The first kappa shape index (κ1) is 19.5. The lowest BCUT2D eigenvalue weighted by atomic mass is 9.88. The van der Waals surface area contributed by atoms with Gasteiger partial charge < -0.3 is 10.1 Å². The van der Waals surface area contributed by atoms with Crippen molar-refractivity contribution in [1.82, 2.24) is 0 Å². The van der Waals surface area contributed by atoms with E-state index < -0.39 is 5.97 Å². The predicted molar refractivity (Wildman–Crippen MR) is 98.6 cm³/mol. The second kappa shape index (κ2) is 10.2. The Morgan fingerprint density at radius 1 is 1.12 bits per heavy atom. The summed E-state index contributed by atoms with van der Waals surface area (Å²) in [7, 11) is 0. The summed E-state index contributed by atoms with van der Waals surface area (Å²) < 4.78 is 4.76. The Morgan fingerprint density at radius 2 is 1.80 bits per heavy atom. The first-order valence-electron chi connectivity index (χ1n) is 8.79. The molecule has 1 aromatic rings. The van der Waals surface area contributed by atoms with Gasteiger partial charge in [0.1, 0.15) is 6.42 Å². The molecule has 1 fully saturated rings. The van der Waals surface area contributed by atoms with E-state index in [9.17, 15) is 14.4 Å². The zero-order valence-corrected chi connectivity index (χ0v) is 15.4. The van der Waals surface area contributed by atoms with Crippen LogP contribution in [-0.4, -0.2) is 30.0 Å². The van der Waals surface area contributed by atoms with Crippen LogP contribution in [0.25, 0.3) is 0 Å². The van der Waals surface area contributed by atoms with E-state index in [0.29, 0.717) is 0 Å². The Bertz CT molecular complexity index is 594. The van der Waals surface area contributed by atoms with Gasteiger partial charge in [0.15, 0.2) is 5.78 Å². The topological polar surface area (TPSA) is 72.5 Å². The minimum atomic E-state index is -0.478. The van der Waals surface area contributed by atoms with E-state index in [2.05, 4.69) is 5.32 Å². The first-order chi connectivity index (χ1) is 12.1. The number of Topliss-reactive ketones (excluding diaryl/α,β-unsaturated/α-hetero) is 1. The van der Waals surface area contributed by atoms with E-state index in [4.69, 9.17) is 4.74 Å². The van der Waals surface area contributed by atoms with Crippen LogP contribution in [0.5, 0.6) is 0 Å².